The topological polar surface area (TPSA) is 81.1 Å². The molecular weight excluding hydrogens is 290 g/mol. The van der Waals surface area contributed by atoms with Crippen molar-refractivity contribution in [3.8, 4) is 0 Å². The van der Waals surface area contributed by atoms with E-state index in [0.717, 1.165) is 18.4 Å². The lowest BCUT2D eigenvalue weighted by atomic mass is 9.96. The Labute approximate surface area is 135 Å². The Kier molecular flexibility index (Phi) is 5.39. The van der Waals surface area contributed by atoms with Crippen LogP contribution in [0.1, 0.15) is 37.0 Å². The van der Waals surface area contributed by atoms with Gasteiger partial charge in [0.2, 0.25) is 0 Å². The maximum Gasteiger partial charge on any atom is 0.379 e. The lowest BCUT2D eigenvalue weighted by Gasteiger charge is -2.08. The number of non-ortho nitro benzene ring substituents is 1. The molecular formula is C18H20N3O2+. The summed E-state index contributed by atoms with van der Waals surface area (Å²) in [6.07, 6.45) is 2.17. The Morgan fingerprint density at radius 3 is 2.09 bits per heavy atom. The number of rotatable bonds is 6. The lowest BCUT2D eigenvalue weighted by molar-refractivity contribution is -0.384. The molecule has 0 fully saturated rings. The van der Waals surface area contributed by atoms with Crippen LogP contribution >= 0.6 is 0 Å². The summed E-state index contributed by atoms with van der Waals surface area (Å²) in [4.78, 5) is 13.9. The van der Waals surface area contributed by atoms with Crippen molar-refractivity contribution >= 4 is 11.4 Å². The summed E-state index contributed by atoms with van der Waals surface area (Å²) >= 11 is 0. The van der Waals surface area contributed by atoms with Crippen LogP contribution in [0.2, 0.25) is 0 Å². The van der Waals surface area contributed by atoms with Gasteiger partial charge in [0, 0.05) is 12.1 Å². The summed E-state index contributed by atoms with van der Waals surface area (Å²) in [5, 5.41) is 10.7. The number of benzene rings is 2. The molecule has 5 nitrogen and oxygen atoms in total. The Morgan fingerprint density at radius 2 is 1.65 bits per heavy atom. The summed E-state index contributed by atoms with van der Waals surface area (Å²) in [6, 6.07) is 14.1. The van der Waals surface area contributed by atoms with Gasteiger partial charge in [-0.25, -0.2) is 0 Å². The normalized spacial score (nSPS) is 11.6. The molecule has 2 aromatic carbocycles. The van der Waals surface area contributed by atoms with Gasteiger partial charge in [-0.3, -0.25) is 10.1 Å². The van der Waals surface area contributed by atoms with Crippen molar-refractivity contribution < 1.29 is 9.71 Å². The molecule has 0 radical (unpaired) electrons. The first-order valence-corrected chi connectivity index (χ1v) is 7.63. The standard InChI is InChI=1S/C18H20N3O2/c1-3-13(2)12-14-4-6-15(7-5-14)18(20-19)16-8-10-17(11-9-16)21(22)23/h4-11,13,19H,3,12H2,1-2H3/q+1. The minimum Gasteiger partial charge on any atom is -0.258 e. The molecule has 118 valence electrons. The Bertz CT molecular complexity index is 730. The van der Waals surface area contributed by atoms with Gasteiger partial charge in [0.25, 0.3) is 5.69 Å². The van der Waals surface area contributed by atoms with E-state index < -0.39 is 4.92 Å². The molecule has 1 N–H and O–H groups in total. The first kappa shape index (κ1) is 16.6. The summed E-state index contributed by atoms with van der Waals surface area (Å²) in [6.45, 7) is 4.40. The molecule has 23 heavy (non-hydrogen) atoms. The van der Waals surface area contributed by atoms with E-state index in [1.165, 1.54) is 17.7 Å². The number of nitrogens with zero attached hydrogens (tertiary/aromatic N) is 2. The minimum absolute atomic E-state index is 0.0296. The van der Waals surface area contributed by atoms with E-state index in [9.17, 15) is 10.1 Å². The number of nitro benzene ring substituents is 1. The van der Waals surface area contributed by atoms with Gasteiger partial charge in [-0.15, -0.1) is 0 Å². The molecule has 0 spiro atoms. The molecule has 0 aliphatic heterocycles. The molecule has 0 amide bonds. The Balaban J connectivity index is 2.24. The smallest absolute Gasteiger partial charge is 0.258 e. The average Bonchev–Trinajstić information content (AvgIpc) is 2.57. The molecule has 0 aliphatic carbocycles. The average molecular weight is 310 g/mol. The van der Waals surface area contributed by atoms with Gasteiger partial charge in [-0.1, -0.05) is 32.4 Å². The molecule has 0 bridgehead atoms. The van der Waals surface area contributed by atoms with Gasteiger partial charge in [0.05, 0.1) is 26.4 Å². The van der Waals surface area contributed by atoms with E-state index in [1.54, 1.807) is 12.1 Å². The van der Waals surface area contributed by atoms with E-state index in [4.69, 9.17) is 5.53 Å². The third kappa shape index (κ3) is 4.11. The maximum absolute atomic E-state index is 10.7. The van der Waals surface area contributed by atoms with E-state index >= 15 is 0 Å². The molecule has 1 unspecified atom stereocenters. The second kappa shape index (κ2) is 7.47. The number of nitrogens with one attached hydrogen (secondary N) is 1. The molecule has 5 heteroatoms. The van der Waals surface area contributed by atoms with Gasteiger partial charge in [0.1, 0.15) is 0 Å². The van der Waals surface area contributed by atoms with Crippen molar-refractivity contribution in [3.05, 3.63) is 75.3 Å². The quantitative estimate of drug-likeness (QED) is 0.284. The van der Waals surface area contributed by atoms with E-state index in [2.05, 4.69) is 30.8 Å². The molecule has 0 saturated heterocycles. The molecule has 2 rings (SSSR count). The highest BCUT2D eigenvalue weighted by molar-refractivity contribution is 6.09. The zero-order valence-corrected chi connectivity index (χ0v) is 13.3. The van der Waals surface area contributed by atoms with Crippen molar-refractivity contribution in [1.82, 2.24) is 0 Å². The largest absolute Gasteiger partial charge is 0.379 e. The third-order valence-corrected chi connectivity index (χ3v) is 3.97. The van der Waals surface area contributed by atoms with Crippen molar-refractivity contribution in [2.75, 3.05) is 0 Å². The summed E-state index contributed by atoms with van der Waals surface area (Å²) in [5.41, 5.74) is 10.8. The van der Waals surface area contributed by atoms with Crippen molar-refractivity contribution in [2.45, 2.75) is 26.7 Å². The highest BCUT2D eigenvalue weighted by Gasteiger charge is 2.19. The van der Waals surface area contributed by atoms with Crippen LogP contribution in [0.3, 0.4) is 0 Å². The highest BCUT2D eigenvalue weighted by Crippen LogP contribution is 2.17. The van der Waals surface area contributed by atoms with Crippen LogP contribution in [-0.2, 0) is 6.42 Å². The number of hydrogen-bond acceptors (Lipinski definition) is 3. The third-order valence-electron chi connectivity index (χ3n) is 3.97. The van der Waals surface area contributed by atoms with Gasteiger partial charge in [-0.2, -0.15) is 0 Å². The summed E-state index contributed by atoms with van der Waals surface area (Å²) < 4.78 is 0. The SMILES string of the molecule is CCC(C)Cc1ccc(C(=[N+]=N)c2ccc([N+](=O)[O-])cc2)cc1. The fourth-order valence-electron chi connectivity index (χ4n) is 2.38. The van der Waals surface area contributed by atoms with Gasteiger partial charge < -0.3 is 0 Å². The molecule has 0 aromatic heterocycles. The van der Waals surface area contributed by atoms with Crippen LogP contribution in [0.4, 0.5) is 5.69 Å². The molecule has 2 aromatic rings. The fourth-order valence-corrected chi connectivity index (χ4v) is 2.38. The monoisotopic (exact) mass is 310 g/mol. The molecule has 0 saturated carbocycles. The van der Waals surface area contributed by atoms with Crippen LogP contribution in [0.15, 0.2) is 48.5 Å². The van der Waals surface area contributed by atoms with Crippen molar-refractivity contribution in [1.29, 1.82) is 5.53 Å². The van der Waals surface area contributed by atoms with Crippen LogP contribution in [0.5, 0.6) is 0 Å². The Hall–Kier alpha value is -2.78. The van der Waals surface area contributed by atoms with E-state index in [1.807, 2.05) is 12.1 Å². The first-order chi connectivity index (χ1) is 11.0. The van der Waals surface area contributed by atoms with Crippen LogP contribution in [0, 0.1) is 21.6 Å². The summed E-state index contributed by atoms with van der Waals surface area (Å²) in [5.74, 6) is 0.639. The Morgan fingerprint density at radius 1 is 1.13 bits per heavy atom. The molecule has 1 atom stereocenters. The van der Waals surface area contributed by atoms with Crippen LogP contribution in [-0.4, -0.2) is 15.4 Å². The van der Waals surface area contributed by atoms with Crippen molar-refractivity contribution in [3.63, 3.8) is 0 Å². The van der Waals surface area contributed by atoms with E-state index in [-0.39, 0.29) is 5.69 Å². The summed E-state index contributed by atoms with van der Waals surface area (Å²) in [7, 11) is 0. The predicted molar refractivity (Wildman–Crippen MR) is 88.9 cm³/mol. The number of hydrogen-bond donors (Lipinski definition) is 1. The van der Waals surface area contributed by atoms with Crippen LogP contribution < -0.4 is 0 Å². The van der Waals surface area contributed by atoms with E-state index in [0.29, 0.717) is 17.2 Å². The zero-order valence-electron chi connectivity index (χ0n) is 13.3. The van der Waals surface area contributed by atoms with Gasteiger partial charge in [-0.05, 0) is 42.2 Å². The minimum atomic E-state index is -0.440. The molecule has 0 heterocycles. The second-order valence-electron chi connectivity index (χ2n) is 5.68. The maximum atomic E-state index is 10.7. The first-order valence-electron chi connectivity index (χ1n) is 7.63. The van der Waals surface area contributed by atoms with Crippen molar-refractivity contribution in [2.24, 2.45) is 5.92 Å². The highest BCUT2D eigenvalue weighted by atomic mass is 16.6. The fraction of sp³-hybridized carbons (Fsp3) is 0.278. The van der Waals surface area contributed by atoms with Gasteiger partial charge in [0.15, 0.2) is 0 Å². The zero-order chi connectivity index (χ0) is 16.8. The molecule has 0 aliphatic rings. The predicted octanol–water partition coefficient (Wildman–Crippen LogP) is 4.26. The second-order valence-corrected chi connectivity index (χ2v) is 5.68. The lowest BCUT2D eigenvalue weighted by Crippen LogP contribution is -2.05. The van der Waals surface area contributed by atoms with Crippen LogP contribution in [0.25, 0.3) is 0 Å². The van der Waals surface area contributed by atoms with Gasteiger partial charge >= 0.3 is 5.71 Å². The number of nitro groups is 1.